The molecule has 6 N–H and O–H groups in total. The van der Waals surface area contributed by atoms with Gasteiger partial charge < -0.3 is 40.3 Å². The topological polar surface area (TPSA) is 149 Å². The van der Waals surface area contributed by atoms with Crippen LogP contribution in [0.15, 0.2) is 36.5 Å². The standard InChI is InChI=1S/C40H73NO8/c1-3-5-7-9-10-11-12-13-14-15-16-17-18-19-20-21-22-23-24-25-26-27-29-34(43)33(41-36(44)30-28-8-6-4-2)32-48-40-39(47)38(46)37(45)35(31-42)49-40/h19-20,23-24,27,29,33-35,37-40,42-43,45-47H,3-18,21-22,25-26,28,30-32H2,1-2H3,(H,41,44)/b20-19+,24-23+,29-27+. The van der Waals surface area contributed by atoms with E-state index in [-0.39, 0.29) is 12.5 Å². The molecule has 0 spiro atoms. The van der Waals surface area contributed by atoms with Gasteiger partial charge in [-0.15, -0.1) is 0 Å². The highest BCUT2D eigenvalue weighted by molar-refractivity contribution is 5.76. The maximum atomic E-state index is 12.6. The molecule has 7 atom stereocenters. The minimum absolute atomic E-state index is 0.207. The summed E-state index contributed by atoms with van der Waals surface area (Å²) in [5.74, 6) is -0.211. The molecule has 0 aromatic carbocycles. The number of hydrogen-bond donors (Lipinski definition) is 6. The number of carbonyl (C=O) groups excluding carboxylic acids is 1. The van der Waals surface area contributed by atoms with Gasteiger partial charge in [0, 0.05) is 6.42 Å². The molecular formula is C40H73NO8. The number of ether oxygens (including phenoxy) is 2. The lowest BCUT2D eigenvalue weighted by Gasteiger charge is -2.40. The Morgan fingerprint density at radius 2 is 1.16 bits per heavy atom. The molecule has 1 amide bonds. The van der Waals surface area contributed by atoms with Gasteiger partial charge in [-0.05, 0) is 44.9 Å². The van der Waals surface area contributed by atoms with Crippen molar-refractivity contribution in [2.45, 2.75) is 198 Å². The van der Waals surface area contributed by atoms with E-state index in [1.165, 1.54) is 83.5 Å². The Bertz CT molecular complexity index is 863. The fourth-order valence-electron chi connectivity index (χ4n) is 5.95. The van der Waals surface area contributed by atoms with Gasteiger partial charge >= 0.3 is 0 Å². The van der Waals surface area contributed by atoms with Crippen molar-refractivity contribution >= 4 is 5.91 Å². The van der Waals surface area contributed by atoms with Crippen LogP contribution >= 0.6 is 0 Å². The Balaban J connectivity index is 2.31. The molecule has 49 heavy (non-hydrogen) atoms. The molecule has 1 aliphatic heterocycles. The molecule has 1 rings (SSSR count). The Morgan fingerprint density at radius 3 is 1.71 bits per heavy atom. The van der Waals surface area contributed by atoms with Gasteiger partial charge in [0.2, 0.25) is 5.91 Å². The largest absolute Gasteiger partial charge is 0.394 e. The molecule has 0 saturated carbocycles. The molecular weight excluding hydrogens is 622 g/mol. The summed E-state index contributed by atoms with van der Waals surface area (Å²) >= 11 is 0. The molecule has 0 aliphatic carbocycles. The van der Waals surface area contributed by atoms with Crippen LogP contribution in [0.25, 0.3) is 0 Å². The second-order valence-electron chi connectivity index (χ2n) is 13.7. The quantitative estimate of drug-likeness (QED) is 0.0338. The first-order valence-corrected chi connectivity index (χ1v) is 19.7. The van der Waals surface area contributed by atoms with E-state index in [4.69, 9.17) is 9.47 Å². The van der Waals surface area contributed by atoms with E-state index >= 15 is 0 Å². The lowest BCUT2D eigenvalue weighted by Crippen LogP contribution is -2.60. The van der Waals surface area contributed by atoms with Crippen LogP contribution in [0.1, 0.15) is 155 Å². The van der Waals surface area contributed by atoms with Gasteiger partial charge in [0.05, 0.1) is 25.4 Å². The molecule has 1 aliphatic rings. The molecule has 1 saturated heterocycles. The normalized spacial score (nSPS) is 22.8. The minimum Gasteiger partial charge on any atom is -0.394 e. The molecule has 9 heteroatoms. The zero-order valence-corrected chi connectivity index (χ0v) is 30.9. The number of hydrogen-bond acceptors (Lipinski definition) is 8. The zero-order chi connectivity index (χ0) is 36.0. The van der Waals surface area contributed by atoms with Crippen LogP contribution in [0, 0.1) is 0 Å². The number of amides is 1. The Morgan fingerprint density at radius 1 is 0.673 bits per heavy atom. The maximum absolute atomic E-state index is 12.6. The van der Waals surface area contributed by atoms with Gasteiger partial charge in [0.1, 0.15) is 24.4 Å². The Kier molecular flexibility index (Phi) is 28.9. The Labute approximate surface area is 298 Å². The van der Waals surface area contributed by atoms with Gasteiger partial charge in [-0.25, -0.2) is 0 Å². The second kappa shape index (κ2) is 31.2. The van der Waals surface area contributed by atoms with Gasteiger partial charge in [-0.3, -0.25) is 4.79 Å². The third kappa shape index (κ3) is 22.8. The summed E-state index contributed by atoms with van der Waals surface area (Å²) in [6.07, 6.45) is 29.8. The van der Waals surface area contributed by atoms with E-state index in [1.807, 2.05) is 6.08 Å². The predicted octanol–water partition coefficient (Wildman–Crippen LogP) is 6.94. The lowest BCUT2D eigenvalue weighted by atomic mass is 9.99. The van der Waals surface area contributed by atoms with Gasteiger partial charge in [-0.2, -0.15) is 0 Å². The van der Waals surface area contributed by atoms with Crippen molar-refractivity contribution < 1.29 is 39.8 Å². The molecule has 1 heterocycles. The van der Waals surface area contributed by atoms with E-state index in [9.17, 15) is 30.3 Å². The fraction of sp³-hybridized carbons (Fsp3) is 0.825. The summed E-state index contributed by atoms with van der Waals surface area (Å²) in [6, 6.07) is -0.820. The van der Waals surface area contributed by atoms with Gasteiger partial charge in [0.15, 0.2) is 6.29 Å². The van der Waals surface area contributed by atoms with Crippen molar-refractivity contribution in [3.05, 3.63) is 36.5 Å². The van der Waals surface area contributed by atoms with Crippen LogP contribution in [0.2, 0.25) is 0 Å². The van der Waals surface area contributed by atoms with Crippen molar-refractivity contribution in [1.29, 1.82) is 0 Å². The maximum Gasteiger partial charge on any atom is 0.220 e. The second-order valence-corrected chi connectivity index (χ2v) is 13.7. The third-order valence-corrected chi connectivity index (χ3v) is 9.20. The highest BCUT2D eigenvalue weighted by Crippen LogP contribution is 2.22. The number of aliphatic hydroxyl groups excluding tert-OH is 5. The summed E-state index contributed by atoms with van der Waals surface area (Å²) < 4.78 is 11.1. The van der Waals surface area contributed by atoms with Crippen LogP contribution in [0.5, 0.6) is 0 Å². The van der Waals surface area contributed by atoms with E-state index in [1.54, 1.807) is 6.08 Å². The number of nitrogens with one attached hydrogen (secondary N) is 1. The van der Waals surface area contributed by atoms with Gasteiger partial charge in [-0.1, -0.05) is 140 Å². The van der Waals surface area contributed by atoms with E-state index in [0.717, 1.165) is 51.4 Å². The molecule has 0 aromatic rings. The zero-order valence-electron chi connectivity index (χ0n) is 30.9. The number of rotatable bonds is 31. The summed E-state index contributed by atoms with van der Waals surface area (Å²) in [4.78, 5) is 12.6. The average Bonchev–Trinajstić information content (AvgIpc) is 3.10. The highest BCUT2D eigenvalue weighted by atomic mass is 16.7. The van der Waals surface area contributed by atoms with Crippen LogP contribution in [0.3, 0.4) is 0 Å². The van der Waals surface area contributed by atoms with E-state index in [2.05, 4.69) is 43.5 Å². The van der Waals surface area contributed by atoms with Gasteiger partial charge in [0.25, 0.3) is 0 Å². The first-order valence-electron chi connectivity index (χ1n) is 19.7. The van der Waals surface area contributed by atoms with Crippen molar-refractivity contribution in [3.8, 4) is 0 Å². The summed E-state index contributed by atoms with van der Waals surface area (Å²) in [5, 5.41) is 53.5. The molecule has 0 bridgehead atoms. The lowest BCUT2D eigenvalue weighted by molar-refractivity contribution is -0.302. The van der Waals surface area contributed by atoms with E-state index < -0.39 is 49.5 Å². The monoisotopic (exact) mass is 696 g/mol. The van der Waals surface area contributed by atoms with Crippen molar-refractivity contribution in [2.24, 2.45) is 0 Å². The summed E-state index contributed by atoms with van der Waals surface area (Å²) in [5.41, 5.74) is 0. The smallest absolute Gasteiger partial charge is 0.220 e. The number of allylic oxidation sites excluding steroid dienone is 5. The van der Waals surface area contributed by atoms with Crippen molar-refractivity contribution in [3.63, 3.8) is 0 Å². The molecule has 0 radical (unpaired) electrons. The molecule has 286 valence electrons. The van der Waals surface area contributed by atoms with Crippen molar-refractivity contribution in [1.82, 2.24) is 5.32 Å². The molecule has 0 aromatic heterocycles. The summed E-state index contributed by atoms with van der Waals surface area (Å²) in [7, 11) is 0. The molecule has 7 unspecified atom stereocenters. The first-order chi connectivity index (χ1) is 23.8. The van der Waals surface area contributed by atoms with Crippen LogP contribution in [-0.2, 0) is 14.3 Å². The fourth-order valence-corrected chi connectivity index (χ4v) is 5.95. The minimum atomic E-state index is -1.57. The van der Waals surface area contributed by atoms with E-state index in [0.29, 0.717) is 6.42 Å². The first kappa shape index (κ1) is 45.4. The highest BCUT2D eigenvalue weighted by Gasteiger charge is 2.44. The third-order valence-electron chi connectivity index (χ3n) is 9.20. The average molecular weight is 696 g/mol. The molecule has 9 nitrogen and oxygen atoms in total. The Hall–Kier alpha value is -1.59. The number of unbranched alkanes of at least 4 members (excludes halogenated alkanes) is 17. The van der Waals surface area contributed by atoms with Crippen LogP contribution in [0.4, 0.5) is 0 Å². The van der Waals surface area contributed by atoms with Crippen LogP contribution in [-0.4, -0.2) is 87.5 Å². The number of aliphatic hydroxyl groups is 5. The SMILES string of the molecule is CCCCCCCCCCCCCC/C=C/CC/C=C/CC/C=C/C(O)C(COC1OC(CO)C(O)C(O)C1O)NC(=O)CCCCCC. The summed E-state index contributed by atoms with van der Waals surface area (Å²) in [6.45, 7) is 3.60. The van der Waals surface area contributed by atoms with Crippen LogP contribution < -0.4 is 5.32 Å². The number of carbonyl (C=O) groups is 1. The molecule has 1 fully saturated rings. The predicted molar refractivity (Wildman–Crippen MR) is 198 cm³/mol. The van der Waals surface area contributed by atoms with Crippen molar-refractivity contribution in [2.75, 3.05) is 13.2 Å².